The molecule has 0 aliphatic carbocycles. The van der Waals surface area contributed by atoms with Gasteiger partial charge in [-0.15, -0.1) is 0 Å². The molecule has 1 aromatic carbocycles. The molecule has 0 amide bonds. The van der Waals surface area contributed by atoms with Crippen LogP contribution in [-0.4, -0.2) is 33.0 Å². The van der Waals surface area contributed by atoms with Crippen molar-refractivity contribution in [1.29, 1.82) is 0 Å². The van der Waals surface area contributed by atoms with Gasteiger partial charge in [0.1, 0.15) is 0 Å². The van der Waals surface area contributed by atoms with E-state index in [0.717, 1.165) is 9.26 Å². The summed E-state index contributed by atoms with van der Waals surface area (Å²) in [6.07, 6.45) is 0. The Morgan fingerprint density at radius 3 is 2.44 bits per heavy atom. The van der Waals surface area contributed by atoms with Crippen molar-refractivity contribution in [3.8, 4) is 0 Å². The topological polar surface area (TPSA) is 37.4 Å². The summed E-state index contributed by atoms with van der Waals surface area (Å²) in [6, 6.07) is 5.81. The zero-order valence-corrected chi connectivity index (χ0v) is 12.2. The summed E-state index contributed by atoms with van der Waals surface area (Å²) in [4.78, 5) is 2.03. The molecule has 0 saturated carbocycles. The van der Waals surface area contributed by atoms with Crippen LogP contribution in [0.4, 0.5) is 5.69 Å². The van der Waals surface area contributed by atoms with Gasteiger partial charge in [0, 0.05) is 16.7 Å². The predicted octanol–water partition coefficient (Wildman–Crippen LogP) is 2.18. The van der Waals surface area contributed by atoms with Crippen LogP contribution >= 0.6 is 34.2 Å². The first kappa shape index (κ1) is 12.4. The molecule has 88 valence electrons. The van der Waals surface area contributed by atoms with Gasteiger partial charge in [0.2, 0.25) is 0 Å². The van der Waals surface area contributed by atoms with Gasteiger partial charge in [-0.05, 0) is 40.8 Å². The van der Waals surface area contributed by atoms with Crippen LogP contribution in [0.3, 0.4) is 0 Å². The Morgan fingerprint density at radius 1 is 1.25 bits per heavy atom. The first-order chi connectivity index (χ1) is 7.48. The fraction of sp³-hybridized carbons (Fsp3) is 0.400. The highest BCUT2D eigenvalue weighted by Crippen LogP contribution is 2.28. The average molecular weight is 372 g/mol. The quantitative estimate of drug-likeness (QED) is 0.710. The second-order valence-corrected chi connectivity index (χ2v) is 7.69. The Labute approximate surface area is 114 Å². The number of sulfone groups is 1. The molecule has 6 heteroatoms. The lowest BCUT2D eigenvalue weighted by atomic mass is 10.3. The van der Waals surface area contributed by atoms with Crippen LogP contribution in [0.25, 0.3) is 0 Å². The summed E-state index contributed by atoms with van der Waals surface area (Å²) < 4.78 is 23.7. The van der Waals surface area contributed by atoms with E-state index in [-0.39, 0.29) is 11.5 Å². The summed E-state index contributed by atoms with van der Waals surface area (Å²) in [5.41, 5.74) is 0.928. The summed E-state index contributed by atoms with van der Waals surface area (Å²) in [6.45, 7) is 1.06. The van der Waals surface area contributed by atoms with E-state index in [1.165, 1.54) is 0 Å². The number of nitrogens with zero attached hydrogens (tertiary/aromatic N) is 1. The fourth-order valence-electron chi connectivity index (χ4n) is 1.69. The molecule has 0 bridgehead atoms. The first-order valence-electron chi connectivity index (χ1n) is 4.88. The third kappa shape index (κ3) is 2.81. The van der Waals surface area contributed by atoms with Crippen LogP contribution in [0, 0.1) is 3.57 Å². The fourth-order valence-corrected chi connectivity index (χ4v) is 3.87. The van der Waals surface area contributed by atoms with Crippen LogP contribution in [0.5, 0.6) is 0 Å². The van der Waals surface area contributed by atoms with Gasteiger partial charge in [0.15, 0.2) is 9.84 Å². The standard InChI is InChI=1S/C10H11ClINO2S/c11-9-7-8(12)1-2-10(9)13-3-5-16(14,15)6-4-13/h1-2,7H,3-6H2. The van der Waals surface area contributed by atoms with Gasteiger partial charge in [0.05, 0.1) is 22.2 Å². The lowest BCUT2D eigenvalue weighted by Gasteiger charge is -2.29. The second-order valence-electron chi connectivity index (χ2n) is 3.73. The zero-order valence-electron chi connectivity index (χ0n) is 8.49. The van der Waals surface area contributed by atoms with Crippen LogP contribution < -0.4 is 4.90 Å². The van der Waals surface area contributed by atoms with E-state index in [0.29, 0.717) is 18.1 Å². The Balaban J connectivity index is 2.20. The Morgan fingerprint density at radius 2 is 1.88 bits per heavy atom. The van der Waals surface area contributed by atoms with Gasteiger partial charge in [0.25, 0.3) is 0 Å². The van der Waals surface area contributed by atoms with E-state index >= 15 is 0 Å². The minimum absolute atomic E-state index is 0.218. The molecule has 0 aromatic heterocycles. The van der Waals surface area contributed by atoms with Crippen LogP contribution in [0.15, 0.2) is 18.2 Å². The van der Waals surface area contributed by atoms with E-state index in [2.05, 4.69) is 22.6 Å². The highest BCUT2D eigenvalue weighted by atomic mass is 127. The molecule has 3 nitrogen and oxygen atoms in total. The molecule has 1 fully saturated rings. The van der Waals surface area contributed by atoms with E-state index in [1.807, 2.05) is 23.1 Å². The largest absolute Gasteiger partial charge is 0.368 e. The predicted molar refractivity (Wildman–Crippen MR) is 75.0 cm³/mol. The summed E-state index contributed by atoms with van der Waals surface area (Å²) in [5, 5.41) is 0.686. The first-order valence-corrected chi connectivity index (χ1v) is 8.16. The van der Waals surface area contributed by atoms with Crippen LogP contribution in [0.2, 0.25) is 5.02 Å². The lowest BCUT2D eigenvalue weighted by Crippen LogP contribution is -2.40. The third-order valence-electron chi connectivity index (χ3n) is 2.59. The lowest BCUT2D eigenvalue weighted by molar-refractivity contribution is 0.587. The molecular weight excluding hydrogens is 361 g/mol. The van der Waals surface area contributed by atoms with Crippen molar-refractivity contribution in [2.45, 2.75) is 0 Å². The molecule has 1 aliphatic rings. The minimum Gasteiger partial charge on any atom is -0.368 e. The molecule has 2 rings (SSSR count). The van der Waals surface area contributed by atoms with Crippen molar-refractivity contribution in [2.24, 2.45) is 0 Å². The molecule has 0 radical (unpaired) electrons. The summed E-state index contributed by atoms with van der Waals surface area (Å²) >= 11 is 8.34. The van der Waals surface area contributed by atoms with E-state index in [1.54, 1.807) is 0 Å². The van der Waals surface area contributed by atoms with Crippen molar-refractivity contribution < 1.29 is 8.42 Å². The van der Waals surface area contributed by atoms with Crippen LogP contribution in [-0.2, 0) is 9.84 Å². The summed E-state index contributed by atoms with van der Waals surface area (Å²) in [7, 11) is -2.83. The molecule has 1 aromatic rings. The minimum atomic E-state index is -2.83. The van der Waals surface area contributed by atoms with E-state index in [4.69, 9.17) is 11.6 Å². The highest BCUT2D eigenvalue weighted by molar-refractivity contribution is 14.1. The number of hydrogen-bond donors (Lipinski definition) is 0. The third-order valence-corrected chi connectivity index (χ3v) is 5.18. The molecule has 0 unspecified atom stereocenters. The Bertz CT molecular complexity index is 490. The number of benzene rings is 1. The molecule has 0 atom stereocenters. The summed E-state index contributed by atoms with van der Waals surface area (Å²) in [5.74, 6) is 0.435. The molecule has 1 heterocycles. The van der Waals surface area contributed by atoms with Crippen molar-refractivity contribution >= 4 is 49.7 Å². The number of halogens is 2. The van der Waals surface area contributed by atoms with Crippen molar-refractivity contribution in [3.63, 3.8) is 0 Å². The molecule has 1 aliphatic heterocycles. The van der Waals surface area contributed by atoms with Gasteiger partial charge in [-0.2, -0.15) is 0 Å². The zero-order chi connectivity index (χ0) is 11.8. The average Bonchev–Trinajstić information content (AvgIpc) is 2.19. The Kier molecular flexibility index (Phi) is 3.65. The maximum atomic E-state index is 11.3. The monoisotopic (exact) mass is 371 g/mol. The highest BCUT2D eigenvalue weighted by Gasteiger charge is 2.22. The second kappa shape index (κ2) is 4.70. The molecule has 0 spiro atoms. The van der Waals surface area contributed by atoms with Gasteiger partial charge in [-0.3, -0.25) is 0 Å². The van der Waals surface area contributed by atoms with Gasteiger partial charge in [-0.1, -0.05) is 11.6 Å². The SMILES string of the molecule is O=S1(=O)CCN(c2ccc(I)cc2Cl)CC1. The number of anilines is 1. The van der Waals surface area contributed by atoms with E-state index < -0.39 is 9.84 Å². The van der Waals surface area contributed by atoms with Gasteiger partial charge >= 0.3 is 0 Å². The smallest absolute Gasteiger partial charge is 0.153 e. The van der Waals surface area contributed by atoms with Crippen molar-refractivity contribution in [3.05, 3.63) is 26.8 Å². The molecule has 16 heavy (non-hydrogen) atoms. The number of rotatable bonds is 1. The van der Waals surface area contributed by atoms with Gasteiger partial charge in [-0.25, -0.2) is 8.42 Å². The van der Waals surface area contributed by atoms with Crippen LogP contribution in [0.1, 0.15) is 0 Å². The molecule has 0 N–H and O–H groups in total. The molecule has 1 saturated heterocycles. The van der Waals surface area contributed by atoms with Gasteiger partial charge < -0.3 is 4.90 Å². The van der Waals surface area contributed by atoms with Crippen molar-refractivity contribution in [2.75, 3.05) is 29.5 Å². The Hall–Kier alpha value is -0.0100. The number of hydrogen-bond acceptors (Lipinski definition) is 3. The van der Waals surface area contributed by atoms with Crippen molar-refractivity contribution in [1.82, 2.24) is 0 Å². The van der Waals surface area contributed by atoms with E-state index in [9.17, 15) is 8.42 Å². The maximum absolute atomic E-state index is 11.3. The maximum Gasteiger partial charge on any atom is 0.153 e. The normalized spacial score (nSPS) is 19.8. The molecular formula is C10H11ClINO2S.